The molecule has 0 bridgehead atoms. The molecule has 0 aliphatic carbocycles. The summed E-state index contributed by atoms with van der Waals surface area (Å²) in [5, 5.41) is 19.8. The van der Waals surface area contributed by atoms with Crippen LogP contribution in [-0.4, -0.2) is 34.7 Å². The van der Waals surface area contributed by atoms with Gasteiger partial charge in [0.1, 0.15) is 6.04 Å². The van der Waals surface area contributed by atoms with Crippen molar-refractivity contribution in [2.75, 3.05) is 6.54 Å². The average Bonchev–Trinajstić information content (AvgIpc) is 2.04. The second-order valence-corrected chi connectivity index (χ2v) is 2.91. The number of hydrogen-bond acceptors (Lipinski definition) is 3. The van der Waals surface area contributed by atoms with Gasteiger partial charge in [0.2, 0.25) is 0 Å². The van der Waals surface area contributed by atoms with E-state index in [0.29, 0.717) is 12.8 Å². The van der Waals surface area contributed by atoms with Gasteiger partial charge in [-0.05, 0) is 12.8 Å². The summed E-state index contributed by atoms with van der Waals surface area (Å²) in [7, 11) is 0. The van der Waals surface area contributed by atoms with E-state index in [1.54, 1.807) is 0 Å². The van der Waals surface area contributed by atoms with Crippen LogP contribution in [0.1, 0.15) is 14.3 Å². The molecule has 0 spiro atoms. The molecule has 0 aromatic heterocycles. The Morgan fingerprint density at radius 3 is 2.15 bits per heavy atom. The molecule has 2 atom stereocenters. The van der Waals surface area contributed by atoms with Crippen LogP contribution in [0.15, 0.2) is 0 Å². The van der Waals surface area contributed by atoms with Crippen molar-refractivity contribution in [2.24, 2.45) is 5.92 Å². The summed E-state index contributed by atoms with van der Waals surface area (Å²) in [5.74, 6) is -2.19. The van der Waals surface area contributed by atoms with Crippen LogP contribution in [0, 0.1) is 5.92 Å². The first-order chi connectivity index (χ1) is 5.61. The van der Waals surface area contributed by atoms with Gasteiger partial charge in [-0.2, -0.15) is 0 Å². The van der Waals surface area contributed by atoms with Gasteiger partial charge in [0.15, 0.2) is 0 Å². The molecule has 0 aromatic rings. The fourth-order valence-electron chi connectivity index (χ4n) is 1.28. The molecular formula is C7H12NNaO4. The van der Waals surface area contributed by atoms with Crippen LogP contribution < -0.4 is 34.9 Å². The number of piperidine rings is 1. The third kappa shape index (κ3) is 3.64. The van der Waals surface area contributed by atoms with Crippen molar-refractivity contribution in [2.45, 2.75) is 18.9 Å². The summed E-state index contributed by atoms with van der Waals surface area (Å²) in [4.78, 5) is 20.9. The van der Waals surface area contributed by atoms with E-state index in [2.05, 4.69) is 5.32 Å². The molecule has 1 aliphatic rings. The Hall–Kier alpha value is -0.100. The predicted octanol–water partition coefficient (Wildman–Crippen LogP) is -3.36. The van der Waals surface area contributed by atoms with E-state index in [-0.39, 0.29) is 37.5 Å². The Kier molecular flexibility index (Phi) is 5.55. The van der Waals surface area contributed by atoms with Gasteiger partial charge in [0.05, 0.1) is 5.92 Å². The summed E-state index contributed by atoms with van der Waals surface area (Å²) < 4.78 is 0. The van der Waals surface area contributed by atoms with Gasteiger partial charge in [-0.15, -0.1) is 0 Å². The fraction of sp³-hybridized carbons (Fsp3) is 0.714. The summed E-state index contributed by atoms with van der Waals surface area (Å²) in [5.41, 5.74) is 0. The molecular weight excluding hydrogens is 185 g/mol. The second kappa shape index (κ2) is 5.59. The van der Waals surface area contributed by atoms with Crippen molar-refractivity contribution in [3.8, 4) is 0 Å². The van der Waals surface area contributed by atoms with E-state index in [9.17, 15) is 9.59 Å². The Morgan fingerprint density at radius 2 is 1.85 bits per heavy atom. The molecule has 1 saturated heterocycles. The van der Waals surface area contributed by atoms with Crippen molar-refractivity contribution < 1.29 is 50.8 Å². The number of carbonyl (C=O) groups is 2. The topological polar surface area (TPSA) is 86.6 Å². The number of hydrogen-bond donors (Lipinski definition) is 3. The zero-order chi connectivity index (χ0) is 9.14. The molecule has 6 heteroatoms. The zero-order valence-corrected chi connectivity index (χ0v) is 9.49. The standard InChI is InChI=1S/C7H11NO4.Na.H/c9-6(10)4-1-2-5(7(11)12)8-3-4;;/h4-5,8H,1-3H2,(H,9,10)(H,11,12);;/q;+1;-1. The van der Waals surface area contributed by atoms with Crippen molar-refractivity contribution in [3.63, 3.8) is 0 Å². The van der Waals surface area contributed by atoms with Gasteiger partial charge in [0.25, 0.3) is 0 Å². The Bertz CT molecular complexity index is 184. The predicted molar refractivity (Wildman–Crippen MR) is 40.9 cm³/mol. The Morgan fingerprint density at radius 1 is 1.23 bits per heavy atom. The van der Waals surface area contributed by atoms with Gasteiger partial charge in [-0.25, -0.2) is 0 Å². The van der Waals surface area contributed by atoms with Crippen molar-refractivity contribution in [1.29, 1.82) is 0 Å². The van der Waals surface area contributed by atoms with Crippen molar-refractivity contribution in [1.82, 2.24) is 5.32 Å². The van der Waals surface area contributed by atoms with Gasteiger partial charge in [0, 0.05) is 6.54 Å². The average molecular weight is 197 g/mol. The first kappa shape index (κ1) is 12.9. The third-order valence-corrected chi connectivity index (χ3v) is 2.06. The molecule has 70 valence electrons. The SMILES string of the molecule is O=C(O)C1CCC(C(=O)O)NC1.[H-].[Na+]. The van der Waals surface area contributed by atoms with Crippen molar-refractivity contribution >= 4 is 11.9 Å². The molecule has 1 aliphatic heterocycles. The molecule has 2 unspecified atom stereocenters. The summed E-state index contributed by atoms with van der Waals surface area (Å²) in [6.45, 7) is 0.256. The minimum absolute atomic E-state index is 0. The number of carboxylic acids is 2. The molecule has 0 saturated carbocycles. The van der Waals surface area contributed by atoms with Crippen LogP contribution in [0.25, 0.3) is 0 Å². The third-order valence-electron chi connectivity index (χ3n) is 2.06. The molecule has 1 heterocycles. The maximum Gasteiger partial charge on any atom is 1.00 e. The summed E-state index contributed by atoms with van der Waals surface area (Å²) in [6.07, 6.45) is 0.839. The van der Waals surface area contributed by atoms with Gasteiger partial charge in [-0.1, -0.05) is 0 Å². The molecule has 0 aromatic carbocycles. The molecule has 13 heavy (non-hydrogen) atoms. The van der Waals surface area contributed by atoms with Crippen LogP contribution in [0.5, 0.6) is 0 Å². The van der Waals surface area contributed by atoms with Gasteiger partial charge < -0.3 is 17.0 Å². The maximum absolute atomic E-state index is 10.4. The smallest absolute Gasteiger partial charge is 1.00 e. The van der Waals surface area contributed by atoms with Gasteiger partial charge in [-0.3, -0.25) is 9.59 Å². The molecule has 5 nitrogen and oxygen atoms in total. The van der Waals surface area contributed by atoms with Crippen LogP contribution in [0.2, 0.25) is 0 Å². The minimum atomic E-state index is -0.904. The van der Waals surface area contributed by atoms with E-state index in [1.807, 2.05) is 0 Å². The van der Waals surface area contributed by atoms with E-state index < -0.39 is 23.9 Å². The quantitative estimate of drug-likeness (QED) is 0.402. The second-order valence-electron chi connectivity index (χ2n) is 2.91. The maximum atomic E-state index is 10.4. The summed E-state index contributed by atoms with van der Waals surface area (Å²) >= 11 is 0. The molecule has 1 fully saturated rings. The van der Waals surface area contributed by atoms with Crippen LogP contribution in [-0.2, 0) is 9.59 Å². The van der Waals surface area contributed by atoms with Crippen LogP contribution in [0.4, 0.5) is 0 Å². The minimum Gasteiger partial charge on any atom is -1.00 e. The van der Waals surface area contributed by atoms with E-state index in [1.165, 1.54) is 0 Å². The molecule has 0 amide bonds. The Balaban J connectivity index is 0. The van der Waals surface area contributed by atoms with E-state index >= 15 is 0 Å². The van der Waals surface area contributed by atoms with Crippen LogP contribution in [0.3, 0.4) is 0 Å². The Labute approximate surface area is 99.3 Å². The monoisotopic (exact) mass is 197 g/mol. The normalized spacial score (nSPS) is 27.4. The molecule has 1 rings (SSSR count). The summed E-state index contributed by atoms with van der Waals surface area (Å²) in [6, 6.07) is -0.569. The largest absolute Gasteiger partial charge is 1.00 e. The zero-order valence-electron chi connectivity index (χ0n) is 8.49. The number of nitrogens with one attached hydrogen (secondary N) is 1. The fourth-order valence-corrected chi connectivity index (χ4v) is 1.28. The first-order valence-corrected chi connectivity index (χ1v) is 3.80. The number of carboxylic acid groups (broad SMARTS) is 2. The molecule has 3 N–H and O–H groups in total. The molecule has 0 radical (unpaired) electrons. The van der Waals surface area contributed by atoms with Crippen molar-refractivity contribution in [3.05, 3.63) is 0 Å². The first-order valence-electron chi connectivity index (χ1n) is 3.80. The van der Waals surface area contributed by atoms with E-state index in [4.69, 9.17) is 10.2 Å². The number of rotatable bonds is 2. The van der Waals surface area contributed by atoms with Crippen LogP contribution >= 0.6 is 0 Å². The van der Waals surface area contributed by atoms with E-state index in [0.717, 1.165) is 0 Å². The number of aliphatic carboxylic acids is 2. The van der Waals surface area contributed by atoms with Gasteiger partial charge >= 0.3 is 41.5 Å².